The Labute approximate surface area is 118 Å². The molecule has 0 radical (unpaired) electrons. The van der Waals surface area contributed by atoms with E-state index >= 15 is 0 Å². The number of hydrogen-bond acceptors (Lipinski definition) is 3. The maximum absolute atomic E-state index is 13.0. The lowest BCUT2D eigenvalue weighted by atomic mass is 10.2. The minimum atomic E-state index is -4.67. The van der Waals surface area contributed by atoms with Crippen molar-refractivity contribution in [2.75, 3.05) is 0 Å². The van der Waals surface area contributed by atoms with Crippen molar-refractivity contribution in [3.63, 3.8) is 0 Å². The molecule has 0 unspecified atom stereocenters. The van der Waals surface area contributed by atoms with Crippen molar-refractivity contribution in [1.82, 2.24) is 9.97 Å². The van der Waals surface area contributed by atoms with Gasteiger partial charge in [0.1, 0.15) is 11.6 Å². The Bertz CT molecular complexity index is 644. The monoisotopic (exact) mass is 302 g/mol. The Morgan fingerprint density at radius 2 is 1.85 bits per heavy atom. The van der Waals surface area contributed by atoms with Crippen LogP contribution >= 0.6 is 11.6 Å². The van der Waals surface area contributed by atoms with Crippen LogP contribution in [-0.4, -0.2) is 9.97 Å². The van der Waals surface area contributed by atoms with Gasteiger partial charge in [0, 0.05) is 0 Å². The van der Waals surface area contributed by atoms with E-state index in [0.29, 0.717) is 0 Å². The van der Waals surface area contributed by atoms with Crippen LogP contribution in [0.25, 0.3) is 0 Å². The maximum atomic E-state index is 13.0. The molecule has 1 heterocycles. The number of ether oxygens (including phenoxy) is 1. The van der Waals surface area contributed by atoms with Gasteiger partial charge in [0.25, 0.3) is 0 Å². The minimum Gasteiger partial charge on any atom is -0.452 e. The second-order valence-electron chi connectivity index (χ2n) is 4.16. The molecule has 0 aliphatic carbocycles. The Morgan fingerprint density at radius 1 is 1.15 bits per heavy atom. The zero-order valence-electron chi connectivity index (χ0n) is 10.6. The first kappa shape index (κ1) is 14.6. The van der Waals surface area contributed by atoms with Crippen LogP contribution in [0.1, 0.15) is 17.1 Å². The molecule has 7 heteroatoms. The first-order valence-electron chi connectivity index (χ1n) is 5.63. The van der Waals surface area contributed by atoms with E-state index in [1.54, 1.807) is 25.1 Å². The van der Waals surface area contributed by atoms with E-state index in [2.05, 4.69) is 9.97 Å². The summed E-state index contributed by atoms with van der Waals surface area (Å²) in [5, 5.41) is -0.369. The number of benzene rings is 1. The highest BCUT2D eigenvalue weighted by Crippen LogP contribution is 2.40. The van der Waals surface area contributed by atoms with Crippen molar-refractivity contribution in [3.05, 3.63) is 46.5 Å². The van der Waals surface area contributed by atoms with Crippen LogP contribution in [0.5, 0.6) is 11.5 Å². The van der Waals surface area contributed by atoms with Crippen LogP contribution < -0.4 is 4.74 Å². The van der Waals surface area contributed by atoms with Crippen LogP contribution in [0, 0.1) is 13.8 Å². The highest BCUT2D eigenvalue weighted by Gasteiger charge is 2.38. The Kier molecular flexibility index (Phi) is 3.85. The first-order chi connectivity index (χ1) is 9.27. The number of nitrogens with zero attached hydrogens (tertiary/aromatic N) is 2. The van der Waals surface area contributed by atoms with Crippen molar-refractivity contribution in [1.29, 1.82) is 0 Å². The number of aromatic nitrogens is 2. The molecular weight excluding hydrogens is 293 g/mol. The minimum absolute atomic E-state index is 0.0704. The van der Waals surface area contributed by atoms with Crippen LogP contribution in [-0.2, 0) is 6.18 Å². The molecule has 0 spiro atoms. The molecule has 0 aliphatic heterocycles. The van der Waals surface area contributed by atoms with Gasteiger partial charge in [0.2, 0.25) is 0 Å². The Morgan fingerprint density at radius 3 is 2.45 bits per heavy atom. The van der Waals surface area contributed by atoms with Crippen molar-refractivity contribution in [2.45, 2.75) is 20.0 Å². The van der Waals surface area contributed by atoms with Crippen molar-refractivity contribution < 1.29 is 17.9 Å². The lowest BCUT2D eigenvalue weighted by molar-refractivity contribution is -0.142. The molecule has 0 amide bonds. The summed E-state index contributed by atoms with van der Waals surface area (Å²) in [6.45, 7) is 3.13. The number of aryl methyl sites for hydroxylation is 2. The SMILES string of the molecule is Cc1cccc(Oc2c(Cl)nc(C)nc2C(F)(F)F)c1. The third kappa shape index (κ3) is 3.19. The molecule has 1 aromatic carbocycles. The molecule has 0 aliphatic rings. The quantitative estimate of drug-likeness (QED) is 0.763. The fourth-order valence-electron chi connectivity index (χ4n) is 1.61. The molecule has 3 nitrogen and oxygen atoms in total. The highest BCUT2D eigenvalue weighted by atomic mass is 35.5. The molecule has 0 saturated heterocycles. The van der Waals surface area contributed by atoms with E-state index in [4.69, 9.17) is 16.3 Å². The summed E-state index contributed by atoms with van der Waals surface area (Å²) >= 11 is 5.75. The standard InChI is InChI=1S/C13H10ClF3N2O/c1-7-4-3-5-9(6-7)20-10-11(13(15,16)17)18-8(2)19-12(10)14/h3-6H,1-2H3. The van der Waals surface area contributed by atoms with Gasteiger partial charge in [-0.15, -0.1) is 0 Å². The van der Waals surface area contributed by atoms with Gasteiger partial charge in [0.15, 0.2) is 16.6 Å². The average molecular weight is 303 g/mol. The smallest absolute Gasteiger partial charge is 0.437 e. The average Bonchev–Trinajstić information content (AvgIpc) is 2.31. The second kappa shape index (κ2) is 5.28. The van der Waals surface area contributed by atoms with E-state index < -0.39 is 17.6 Å². The summed E-state index contributed by atoms with van der Waals surface area (Å²) in [6, 6.07) is 6.59. The second-order valence-corrected chi connectivity index (χ2v) is 4.51. The zero-order valence-corrected chi connectivity index (χ0v) is 11.4. The van der Waals surface area contributed by atoms with Gasteiger partial charge >= 0.3 is 6.18 Å². The lowest BCUT2D eigenvalue weighted by Gasteiger charge is -2.14. The molecule has 0 saturated carbocycles. The Balaban J connectivity index is 2.50. The molecule has 2 rings (SSSR count). The number of hydrogen-bond donors (Lipinski definition) is 0. The molecule has 2 aromatic rings. The highest BCUT2D eigenvalue weighted by molar-refractivity contribution is 6.30. The Hall–Kier alpha value is -1.82. The largest absolute Gasteiger partial charge is 0.452 e. The fraction of sp³-hybridized carbons (Fsp3) is 0.231. The fourth-order valence-corrected chi connectivity index (χ4v) is 1.86. The van der Waals surface area contributed by atoms with Crippen LogP contribution in [0.4, 0.5) is 13.2 Å². The first-order valence-corrected chi connectivity index (χ1v) is 6.01. The van der Waals surface area contributed by atoms with Crippen molar-refractivity contribution >= 4 is 11.6 Å². The molecule has 1 aromatic heterocycles. The number of rotatable bonds is 2. The van der Waals surface area contributed by atoms with Gasteiger partial charge in [-0.2, -0.15) is 13.2 Å². The van der Waals surface area contributed by atoms with Gasteiger partial charge in [-0.3, -0.25) is 0 Å². The summed E-state index contributed by atoms with van der Waals surface area (Å²) in [5.41, 5.74) is -0.336. The molecule has 106 valence electrons. The van der Waals surface area contributed by atoms with E-state index in [1.807, 2.05) is 0 Å². The predicted molar refractivity (Wildman–Crippen MR) is 68.0 cm³/mol. The summed E-state index contributed by atoms with van der Waals surface area (Å²) in [5.74, 6) is -0.417. The number of halogens is 4. The molecule has 0 atom stereocenters. The van der Waals surface area contributed by atoms with Gasteiger partial charge < -0.3 is 4.74 Å². The van der Waals surface area contributed by atoms with Crippen LogP contribution in [0.15, 0.2) is 24.3 Å². The molecule has 0 N–H and O–H groups in total. The van der Waals surface area contributed by atoms with Crippen molar-refractivity contribution in [3.8, 4) is 11.5 Å². The summed E-state index contributed by atoms with van der Waals surface area (Å²) < 4.78 is 44.1. The van der Waals surface area contributed by atoms with Gasteiger partial charge in [-0.05, 0) is 31.5 Å². The van der Waals surface area contributed by atoms with Gasteiger partial charge in [-0.25, -0.2) is 9.97 Å². The maximum Gasteiger partial charge on any atom is 0.437 e. The third-order valence-electron chi connectivity index (χ3n) is 2.41. The topological polar surface area (TPSA) is 35.0 Å². The molecule has 0 fully saturated rings. The van der Waals surface area contributed by atoms with E-state index in [-0.39, 0.29) is 16.7 Å². The molecule has 0 bridgehead atoms. The summed E-state index contributed by atoms with van der Waals surface area (Å²) in [6.07, 6.45) is -4.67. The lowest BCUT2D eigenvalue weighted by Crippen LogP contribution is -2.12. The molecular formula is C13H10ClF3N2O. The predicted octanol–water partition coefficient (Wildman–Crippen LogP) is 4.56. The normalized spacial score (nSPS) is 11.5. The summed E-state index contributed by atoms with van der Waals surface area (Å²) in [7, 11) is 0. The summed E-state index contributed by atoms with van der Waals surface area (Å²) in [4.78, 5) is 7.07. The zero-order chi connectivity index (χ0) is 14.9. The van der Waals surface area contributed by atoms with E-state index in [1.165, 1.54) is 13.0 Å². The van der Waals surface area contributed by atoms with Gasteiger partial charge in [0.05, 0.1) is 0 Å². The van der Waals surface area contributed by atoms with E-state index in [9.17, 15) is 13.2 Å². The van der Waals surface area contributed by atoms with Gasteiger partial charge in [-0.1, -0.05) is 23.7 Å². The van der Waals surface area contributed by atoms with Crippen molar-refractivity contribution in [2.24, 2.45) is 0 Å². The number of alkyl halides is 3. The van der Waals surface area contributed by atoms with E-state index in [0.717, 1.165) is 5.56 Å². The molecule has 20 heavy (non-hydrogen) atoms. The van der Waals surface area contributed by atoms with Crippen LogP contribution in [0.3, 0.4) is 0 Å². The van der Waals surface area contributed by atoms with Crippen LogP contribution in [0.2, 0.25) is 5.15 Å². The third-order valence-corrected chi connectivity index (χ3v) is 2.67.